The van der Waals surface area contributed by atoms with Crippen molar-refractivity contribution in [3.63, 3.8) is 0 Å². The first-order valence-electron chi connectivity index (χ1n) is 12.5. The van der Waals surface area contributed by atoms with E-state index >= 15 is 0 Å². The van der Waals surface area contributed by atoms with Crippen molar-refractivity contribution in [2.45, 2.75) is 31.6 Å². The van der Waals surface area contributed by atoms with Crippen molar-refractivity contribution in [2.24, 2.45) is 0 Å². The quantitative estimate of drug-likeness (QED) is 0.229. The van der Waals surface area contributed by atoms with Crippen LogP contribution in [0.15, 0.2) is 115 Å². The molecular formula is C32H27F3N2O. The zero-order valence-corrected chi connectivity index (χ0v) is 20.7. The number of benzene rings is 4. The van der Waals surface area contributed by atoms with Crippen LogP contribution in [0, 0.1) is 0 Å². The fourth-order valence-electron chi connectivity index (χ4n) is 4.83. The lowest BCUT2D eigenvalue weighted by Gasteiger charge is -2.18. The molecule has 0 spiro atoms. The summed E-state index contributed by atoms with van der Waals surface area (Å²) < 4.78 is 41.9. The van der Waals surface area contributed by atoms with Gasteiger partial charge in [-0.1, -0.05) is 91.0 Å². The maximum atomic E-state index is 13.3. The Kier molecular flexibility index (Phi) is 7.31. The van der Waals surface area contributed by atoms with E-state index in [0.717, 1.165) is 39.7 Å². The van der Waals surface area contributed by atoms with Crippen LogP contribution in [0.25, 0.3) is 10.9 Å². The van der Waals surface area contributed by atoms with E-state index in [-0.39, 0.29) is 12.3 Å². The predicted molar refractivity (Wildman–Crippen MR) is 144 cm³/mol. The van der Waals surface area contributed by atoms with Gasteiger partial charge in [-0.3, -0.25) is 4.79 Å². The van der Waals surface area contributed by atoms with Crippen molar-refractivity contribution in [2.75, 3.05) is 0 Å². The van der Waals surface area contributed by atoms with E-state index < -0.39 is 17.7 Å². The number of amides is 1. The van der Waals surface area contributed by atoms with E-state index in [1.54, 1.807) is 0 Å². The van der Waals surface area contributed by atoms with Crippen LogP contribution in [-0.4, -0.2) is 10.5 Å². The van der Waals surface area contributed by atoms with Gasteiger partial charge in [-0.15, -0.1) is 0 Å². The Labute approximate surface area is 219 Å². The van der Waals surface area contributed by atoms with Gasteiger partial charge in [-0.2, -0.15) is 13.2 Å². The van der Waals surface area contributed by atoms with E-state index in [1.807, 2.05) is 79.0 Å². The average molecular weight is 513 g/mol. The summed E-state index contributed by atoms with van der Waals surface area (Å²) in [5.41, 5.74) is 3.98. The monoisotopic (exact) mass is 512 g/mol. The molecule has 1 atom stereocenters. The summed E-state index contributed by atoms with van der Waals surface area (Å²) in [6.45, 7) is 1.02. The van der Waals surface area contributed by atoms with Crippen molar-refractivity contribution in [3.8, 4) is 0 Å². The molecule has 1 heterocycles. The van der Waals surface area contributed by atoms with Crippen molar-refractivity contribution in [1.29, 1.82) is 0 Å². The van der Waals surface area contributed by atoms with Gasteiger partial charge in [0.15, 0.2) is 0 Å². The highest BCUT2D eigenvalue weighted by molar-refractivity contribution is 5.86. The van der Waals surface area contributed by atoms with Crippen molar-refractivity contribution >= 4 is 16.8 Å². The second-order valence-corrected chi connectivity index (χ2v) is 9.35. The van der Waals surface area contributed by atoms with E-state index in [4.69, 9.17) is 0 Å². The standard InChI is InChI=1S/C32H27F3N2O/c33-32(34,35)26-17-15-25(16-18-26)28(19-31(38)36-20-23-9-3-1-4-10-23)29-22-37(21-24-11-5-2-6-12-24)30-14-8-7-13-27(29)30/h1-18,22,28H,19-21H2,(H,36,38)/t28-/m0/s1. The number of aromatic nitrogens is 1. The molecule has 1 N–H and O–H groups in total. The van der Waals surface area contributed by atoms with Crippen molar-refractivity contribution in [1.82, 2.24) is 9.88 Å². The average Bonchev–Trinajstić information content (AvgIpc) is 3.29. The van der Waals surface area contributed by atoms with E-state index in [9.17, 15) is 18.0 Å². The molecule has 5 aromatic rings. The first kappa shape index (κ1) is 25.3. The molecular weight excluding hydrogens is 485 g/mol. The van der Waals surface area contributed by atoms with Gasteiger partial charge in [-0.05, 0) is 40.5 Å². The van der Waals surface area contributed by atoms with Gasteiger partial charge in [0, 0.05) is 42.5 Å². The van der Waals surface area contributed by atoms with E-state index in [1.165, 1.54) is 12.1 Å². The zero-order valence-electron chi connectivity index (χ0n) is 20.7. The normalized spacial score (nSPS) is 12.4. The predicted octanol–water partition coefficient (Wildman–Crippen LogP) is 7.55. The molecule has 5 rings (SSSR count). The van der Waals surface area contributed by atoms with E-state index in [0.29, 0.717) is 18.7 Å². The summed E-state index contributed by atoms with van der Waals surface area (Å²) >= 11 is 0. The second kappa shape index (κ2) is 11.0. The summed E-state index contributed by atoms with van der Waals surface area (Å²) in [6.07, 6.45) is -2.28. The summed E-state index contributed by atoms with van der Waals surface area (Å²) in [5.74, 6) is -0.589. The molecule has 1 aromatic heterocycles. The molecule has 0 fully saturated rings. The lowest BCUT2D eigenvalue weighted by molar-refractivity contribution is -0.137. The first-order valence-corrected chi connectivity index (χ1v) is 12.5. The van der Waals surface area contributed by atoms with Crippen LogP contribution in [-0.2, 0) is 24.1 Å². The van der Waals surface area contributed by atoms with Crippen molar-refractivity contribution in [3.05, 3.63) is 143 Å². The maximum Gasteiger partial charge on any atom is 0.416 e. The van der Waals surface area contributed by atoms with Gasteiger partial charge in [0.25, 0.3) is 0 Å². The molecule has 0 bridgehead atoms. The number of nitrogens with zero attached hydrogens (tertiary/aromatic N) is 1. The third kappa shape index (κ3) is 5.80. The molecule has 0 aliphatic carbocycles. The van der Waals surface area contributed by atoms with Gasteiger partial charge >= 0.3 is 6.18 Å². The SMILES string of the molecule is O=C(C[C@@H](c1ccc(C(F)(F)F)cc1)c1cn(Cc2ccccc2)c2ccccc12)NCc1ccccc1. The van der Waals surface area contributed by atoms with Crippen LogP contribution in [0.1, 0.15) is 40.2 Å². The molecule has 3 nitrogen and oxygen atoms in total. The topological polar surface area (TPSA) is 34.0 Å². The molecule has 38 heavy (non-hydrogen) atoms. The molecule has 0 unspecified atom stereocenters. The molecule has 0 radical (unpaired) electrons. The first-order chi connectivity index (χ1) is 18.4. The lowest BCUT2D eigenvalue weighted by Crippen LogP contribution is -2.25. The molecule has 6 heteroatoms. The minimum atomic E-state index is -4.42. The Morgan fingerprint density at radius 3 is 2.03 bits per heavy atom. The number of halogens is 3. The Morgan fingerprint density at radius 2 is 1.37 bits per heavy atom. The van der Waals surface area contributed by atoms with Crippen LogP contribution in [0.2, 0.25) is 0 Å². The number of alkyl halides is 3. The molecule has 0 saturated carbocycles. The number of rotatable bonds is 8. The smallest absolute Gasteiger partial charge is 0.352 e. The van der Waals surface area contributed by atoms with Gasteiger partial charge in [0.2, 0.25) is 5.91 Å². The molecule has 1 amide bonds. The number of fused-ring (bicyclic) bond motifs is 1. The Bertz CT molecular complexity index is 1510. The Balaban J connectivity index is 1.51. The summed E-state index contributed by atoms with van der Waals surface area (Å²) in [6, 6.07) is 32.8. The zero-order chi connectivity index (χ0) is 26.5. The summed E-state index contributed by atoms with van der Waals surface area (Å²) in [5, 5.41) is 3.95. The Hall–Kier alpha value is -4.32. The third-order valence-electron chi connectivity index (χ3n) is 6.75. The number of carbonyl (C=O) groups excluding carboxylic acids is 1. The minimum absolute atomic E-state index is 0.109. The molecule has 192 valence electrons. The summed E-state index contributed by atoms with van der Waals surface area (Å²) in [4.78, 5) is 13.1. The van der Waals surface area contributed by atoms with Gasteiger partial charge in [-0.25, -0.2) is 0 Å². The maximum absolute atomic E-state index is 13.3. The second-order valence-electron chi connectivity index (χ2n) is 9.35. The number of nitrogens with one attached hydrogen (secondary N) is 1. The number of para-hydroxylation sites is 1. The molecule has 4 aromatic carbocycles. The van der Waals surface area contributed by atoms with Crippen LogP contribution in [0.5, 0.6) is 0 Å². The fourth-order valence-corrected chi connectivity index (χ4v) is 4.83. The van der Waals surface area contributed by atoms with Crippen LogP contribution in [0.3, 0.4) is 0 Å². The summed E-state index contributed by atoms with van der Waals surface area (Å²) in [7, 11) is 0. The van der Waals surface area contributed by atoms with E-state index in [2.05, 4.69) is 22.0 Å². The highest BCUT2D eigenvalue weighted by Crippen LogP contribution is 2.37. The number of carbonyl (C=O) groups is 1. The van der Waals surface area contributed by atoms with Gasteiger partial charge < -0.3 is 9.88 Å². The van der Waals surface area contributed by atoms with Crippen molar-refractivity contribution < 1.29 is 18.0 Å². The van der Waals surface area contributed by atoms with Crippen LogP contribution < -0.4 is 5.32 Å². The minimum Gasteiger partial charge on any atom is -0.352 e. The number of hydrogen-bond donors (Lipinski definition) is 1. The molecule has 0 aliphatic rings. The third-order valence-corrected chi connectivity index (χ3v) is 6.75. The van der Waals surface area contributed by atoms with Gasteiger partial charge in [0.1, 0.15) is 0 Å². The lowest BCUT2D eigenvalue weighted by atomic mass is 9.87. The molecule has 0 aliphatic heterocycles. The van der Waals surface area contributed by atoms with Crippen LogP contribution >= 0.6 is 0 Å². The van der Waals surface area contributed by atoms with Gasteiger partial charge in [0.05, 0.1) is 5.56 Å². The largest absolute Gasteiger partial charge is 0.416 e. The highest BCUT2D eigenvalue weighted by atomic mass is 19.4. The van der Waals surface area contributed by atoms with Crippen LogP contribution in [0.4, 0.5) is 13.2 Å². The molecule has 0 saturated heterocycles. The number of hydrogen-bond acceptors (Lipinski definition) is 1. The Morgan fingerprint density at radius 1 is 0.763 bits per heavy atom. The fraction of sp³-hybridized carbons (Fsp3) is 0.156. The highest BCUT2D eigenvalue weighted by Gasteiger charge is 2.31.